The molecule has 4 fully saturated rings. The lowest BCUT2D eigenvalue weighted by molar-refractivity contribution is -0.409. The fourth-order valence-corrected chi connectivity index (χ4v) is 10.9. The molecular formula is C43H72O11. The largest absolute Gasteiger partial charge is 0.481 e. The van der Waals surface area contributed by atoms with Crippen molar-refractivity contribution < 1.29 is 53.7 Å². The number of carbonyl (C=O) groups is 2. The molecule has 0 radical (unpaired) electrons. The zero-order valence-electron chi connectivity index (χ0n) is 34.8. The van der Waals surface area contributed by atoms with Gasteiger partial charge < -0.3 is 44.1 Å². The van der Waals surface area contributed by atoms with Gasteiger partial charge in [0.1, 0.15) is 11.9 Å². The highest BCUT2D eigenvalue weighted by atomic mass is 16.8. The van der Waals surface area contributed by atoms with Crippen LogP contribution in [-0.2, 0) is 33.3 Å². The molecule has 19 atom stereocenters. The molecule has 0 amide bonds. The first-order chi connectivity index (χ1) is 25.2. The highest BCUT2D eigenvalue weighted by Crippen LogP contribution is 2.54. The fraction of sp³-hybridized carbons (Fsp3) is 0.907. The highest BCUT2D eigenvalue weighted by molar-refractivity contribution is 5.84. The van der Waals surface area contributed by atoms with Crippen molar-refractivity contribution >= 4 is 11.8 Å². The summed E-state index contributed by atoms with van der Waals surface area (Å²) in [4.78, 5) is 26.6. The molecular weight excluding hydrogens is 692 g/mol. The van der Waals surface area contributed by atoms with E-state index in [1.54, 1.807) is 19.1 Å². The van der Waals surface area contributed by atoms with Crippen LogP contribution >= 0.6 is 0 Å². The lowest BCUT2D eigenvalue weighted by Gasteiger charge is -2.54. The van der Waals surface area contributed by atoms with Crippen LogP contribution in [0.4, 0.5) is 0 Å². The zero-order chi connectivity index (χ0) is 40.1. The van der Waals surface area contributed by atoms with Crippen LogP contribution in [-0.4, -0.2) is 97.7 Å². The number of hydrogen-bond acceptors (Lipinski definition) is 10. The van der Waals surface area contributed by atoms with Gasteiger partial charge in [-0.15, -0.1) is 0 Å². The zero-order valence-corrected chi connectivity index (χ0v) is 34.8. The maximum atomic E-state index is 14.5. The number of ketones is 1. The first-order valence-corrected chi connectivity index (χ1v) is 21.1. The molecule has 2 spiro atoms. The predicted octanol–water partition coefficient (Wildman–Crippen LogP) is 6.43. The van der Waals surface area contributed by atoms with Crippen LogP contribution in [0.5, 0.6) is 0 Å². The van der Waals surface area contributed by atoms with Crippen molar-refractivity contribution in [1.82, 2.24) is 0 Å². The van der Waals surface area contributed by atoms with Crippen LogP contribution in [0.3, 0.4) is 0 Å². The maximum absolute atomic E-state index is 14.5. The van der Waals surface area contributed by atoms with E-state index in [1.165, 1.54) is 0 Å². The molecule has 0 unspecified atom stereocenters. The summed E-state index contributed by atoms with van der Waals surface area (Å²) < 4.78 is 33.6. The molecule has 5 aliphatic heterocycles. The topological polar surface area (TPSA) is 161 Å². The summed E-state index contributed by atoms with van der Waals surface area (Å²) in [7, 11) is 0. The normalized spacial score (nSPS) is 46.9. The minimum Gasteiger partial charge on any atom is -0.481 e. The number of hydrogen-bond donors (Lipinski definition) is 4. The molecule has 4 N–H and O–H groups in total. The van der Waals surface area contributed by atoms with E-state index in [2.05, 4.69) is 20.8 Å². The Morgan fingerprint density at radius 3 is 2.07 bits per heavy atom. The second-order valence-electron chi connectivity index (χ2n) is 18.5. The van der Waals surface area contributed by atoms with Crippen LogP contribution < -0.4 is 0 Å². The van der Waals surface area contributed by atoms with Crippen molar-refractivity contribution in [2.75, 3.05) is 0 Å². The van der Waals surface area contributed by atoms with E-state index in [0.29, 0.717) is 51.4 Å². The number of rotatable bonds is 12. The standard InChI is InChI=1S/C43H72O11/c1-12-30(35(46)27(8)34(45)28(9)36-23(4)21-24(5)37(51-36)31(13-2)39(47)48)38-25(6)22-26(7)42(52-38)18-15-32(44)43(54-42)20-19-40(11,53-43)33-16-17-41(49,14-3)29(10)50-33/h15,18,23-34,36-38,44-45,49H,12-14,16-17,19-22H2,1-11H3,(H,47,48)/t23-,24-,25-,26+,27-,28-,29-,30-,31-,32+,33+,34+,36+,37+,38-,40-,41+,42-,43-/m0/s1. The minimum atomic E-state index is -1.37. The number of aliphatic hydroxyl groups excluding tert-OH is 2. The molecule has 54 heavy (non-hydrogen) atoms. The van der Waals surface area contributed by atoms with Gasteiger partial charge in [0.05, 0.1) is 53.7 Å². The molecule has 4 saturated heterocycles. The second kappa shape index (κ2) is 16.4. The highest BCUT2D eigenvalue weighted by Gasteiger charge is 2.63. The molecule has 0 aliphatic carbocycles. The third-order valence-electron chi connectivity index (χ3n) is 14.8. The number of ether oxygens (including phenoxy) is 5. The Bertz CT molecular complexity index is 1360. The Hall–Kier alpha value is -1.44. The first-order valence-electron chi connectivity index (χ1n) is 21.1. The van der Waals surface area contributed by atoms with E-state index in [4.69, 9.17) is 23.7 Å². The molecule has 5 heterocycles. The van der Waals surface area contributed by atoms with E-state index >= 15 is 0 Å². The van der Waals surface area contributed by atoms with E-state index in [-0.39, 0.29) is 47.8 Å². The second-order valence-corrected chi connectivity index (χ2v) is 18.5. The molecule has 310 valence electrons. The average Bonchev–Trinajstić information content (AvgIpc) is 3.47. The van der Waals surface area contributed by atoms with Crippen molar-refractivity contribution in [3.05, 3.63) is 12.2 Å². The van der Waals surface area contributed by atoms with Gasteiger partial charge in [-0.3, -0.25) is 9.59 Å². The van der Waals surface area contributed by atoms with Gasteiger partial charge in [-0.25, -0.2) is 0 Å². The smallest absolute Gasteiger partial charge is 0.309 e. The van der Waals surface area contributed by atoms with Crippen molar-refractivity contribution in [2.45, 2.75) is 199 Å². The Balaban J connectivity index is 1.32. The van der Waals surface area contributed by atoms with Gasteiger partial charge >= 0.3 is 5.97 Å². The Kier molecular flexibility index (Phi) is 13.3. The summed E-state index contributed by atoms with van der Waals surface area (Å²) >= 11 is 0. The fourth-order valence-electron chi connectivity index (χ4n) is 10.9. The van der Waals surface area contributed by atoms with Crippen molar-refractivity contribution in [3.8, 4) is 0 Å². The summed E-state index contributed by atoms with van der Waals surface area (Å²) in [5.74, 6) is -5.80. The van der Waals surface area contributed by atoms with Gasteiger partial charge in [-0.2, -0.15) is 0 Å². The predicted molar refractivity (Wildman–Crippen MR) is 203 cm³/mol. The van der Waals surface area contributed by atoms with Gasteiger partial charge in [0.25, 0.3) is 0 Å². The summed E-state index contributed by atoms with van der Waals surface area (Å²) in [5, 5.41) is 44.2. The lowest BCUT2D eigenvalue weighted by atomic mass is 9.72. The van der Waals surface area contributed by atoms with Crippen LogP contribution in [0.25, 0.3) is 0 Å². The van der Waals surface area contributed by atoms with Crippen LogP contribution in [0, 0.1) is 47.3 Å². The van der Waals surface area contributed by atoms with E-state index in [9.17, 15) is 30.0 Å². The molecule has 11 heteroatoms. The number of Topliss-reactive ketones (excluding diaryl/α,β-unsaturated/α-hetero) is 1. The van der Waals surface area contributed by atoms with Gasteiger partial charge in [0, 0.05) is 30.1 Å². The Morgan fingerprint density at radius 2 is 1.48 bits per heavy atom. The summed E-state index contributed by atoms with van der Waals surface area (Å²) in [5.41, 5.74) is -1.63. The molecule has 11 nitrogen and oxygen atoms in total. The van der Waals surface area contributed by atoms with Crippen LogP contribution in [0.15, 0.2) is 12.2 Å². The molecule has 0 bridgehead atoms. The lowest BCUT2D eigenvalue weighted by Crippen LogP contribution is -2.63. The van der Waals surface area contributed by atoms with Crippen molar-refractivity contribution in [1.29, 1.82) is 0 Å². The number of carbonyl (C=O) groups excluding carboxylic acids is 1. The minimum absolute atomic E-state index is 0.0104. The monoisotopic (exact) mass is 765 g/mol. The molecule has 0 aromatic carbocycles. The van der Waals surface area contributed by atoms with Gasteiger partial charge in [0.2, 0.25) is 5.79 Å². The van der Waals surface area contributed by atoms with Gasteiger partial charge in [0.15, 0.2) is 5.79 Å². The summed E-state index contributed by atoms with van der Waals surface area (Å²) in [6.07, 6.45) is 4.75. The third kappa shape index (κ3) is 7.88. The van der Waals surface area contributed by atoms with Crippen LogP contribution in [0.1, 0.15) is 134 Å². The number of carboxylic acids is 1. The quantitative estimate of drug-likeness (QED) is 0.162. The average molecular weight is 765 g/mol. The SMILES string of the molecule is CC[C@H](C(=O)O)[C@@H]1O[C@@H]([C@@H](C)[C@H](O)[C@H](C)C(=O)[C@H](CC)[C@H]2O[C@]3(C=C[C@@H](O)[C@]4(CC[C@@](C)([C@H]5CC[C@](O)(CC)[C@H](C)O5)O4)O3)[C@H](C)C[C@@H]2C)[C@@H](C)C[C@@H]1C. The van der Waals surface area contributed by atoms with Gasteiger partial charge in [-0.1, -0.05) is 62.3 Å². The number of carboxylic acid groups (broad SMARTS) is 1. The third-order valence-corrected chi connectivity index (χ3v) is 14.8. The molecule has 0 aromatic heterocycles. The maximum Gasteiger partial charge on any atom is 0.309 e. The summed E-state index contributed by atoms with van der Waals surface area (Å²) in [6.45, 7) is 21.7. The Morgan fingerprint density at radius 1 is 0.852 bits per heavy atom. The van der Waals surface area contributed by atoms with E-state index < -0.39 is 76.8 Å². The van der Waals surface area contributed by atoms with Crippen LogP contribution in [0.2, 0.25) is 0 Å². The first kappa shape index (κ1) is 43.7. The van der Waals surface area contributed by atoms with E-state index in [0.717, 1.165) is 6.42 Å². The van der Waals surface area contributed by atoms with Crippen molar-refractivity contribution in [2.24, 2.45) is 47.3 Å². The molecule has 5 aliphatic rings. The number of aliphatic carboxylic acids is 1. The molecule has 0 aromatic rings. The molecule has 5 rings (SSSR count). The van der Waals surface area contributed by atoms with E-state index in [1.807, 2.05) is 48.5 Å². The van der Waals surface area contributed by atoms with Crippen molar-refractivity contribution in [3.63, 3.8) is 0 Å². The van der Waals surface area contributed by atoms with Gasteiger partial charge in [-0.05, 0) is 95.1 Å². The molecule has 0 saturated carbocycles. The summed E-state index contributed by atoms with van der Waals surface area (Å²) in [6, 6.07) is 0. The number of aliphatic hydroxyl groups is 3. The Labute approximate surface area is 323 Å².